The van der Waals surface area contributed by atoms with E-state index in [9.17, 15) is 4.79 Å². The van der Waals surface area contributed by atoms with E-state index >= 15 is 0 Å². The number of carbonyl (C=O) groups excluding carboxylic acids is 1. The van der Waals surface area contributed by atoms with Gasteiger partial charge in [-0.2, -0.15) is 9.61 Å². The van der Waals surface area contributed by atoms with Gasteiger partial charge in [0.05, 0.1) is 12.1 Å². The molecule has 0 atom stereocenters. The highest BCUT2D eigenvalue weighted by molar-refractivity contribution is 7.16. The van der Waals surface area contributed by atoms with Crippen LogP contribution in [0.1, 0.15) is 36.9 Å². The van der Waals surface area contributed by atoms with Gasteiger partial charge >= 0.3 is 6.03 Å². The molecule has 2 N–H and O–H groups in total. The topological polar surface area (TPSA) is 84.2 Å². The lowest BCUT2D eigenvalue weighted by molar-refractivity contribution is 0.229. The number of fused-ring (bicyclic) bond motifs is 1. The lowest BCUT2D eigenvalue weighted by atomic mass is 9.92. The number of amides is 2. The van der Waals surface area contributed by atoms with E-state index < -0.39 is 5.54 Å². The molecule has 130 valence electrons. The summed E-state index contributed by atoms with van der Waals surface area (Å²) in [5, 5.41) is 18.6. The van der Waals surface area contributed by atoms with Crippen LogP contribution in [0.3, 0.4) is 0 Å². The Balaban J connectivity index is 1.63. The van der Waals surface area contributed by atoms with Gasteiger partial charge in [0.25, 0.3) is 0 Å². The van der Waals surface area contributed by atoms with Crippen molar-refractivity contribution >= 4 is 27.9 Å². The largest absolute Gasteiger partial charge is 0.332 e. The molecular formula is C17H20N6OS. The van der Waals surface area contributed by atoms with Crippen LogP contribution in [0.4, 0.5) is 4.79 Å². The van der Waals surface area contributed by atoms with Crippen molar-refractivity contribution in [1.82, 2.24) is 30.4 Å². The summed E-state index contributed by atoms with van der Waals surface area (Å²) in [6.07, 6.45) is 1.53. The van der Waals surface area contributed by atoms with Gasteiger partial charge in [-0.1, -0.05) is 41.7 Å². The van der Waals surface area contributed by atoms with Crippen LogP contribution >= 0.6 is 11.3 Å². The Morgan fingerprint density at radius 3 is 2.92 bits per heavy atom. The maximum Gasteiger partial charge on any atom is 0.315 e. The van der Waals surface area contributed by atoms with Crippen LogP contribution in [0.2, 0.25) is 0 Å². The first-order valence-electron chi connectivity index (χ1n) is 7.83. The number of hydrogen-bond acceptors (Lipinski definition) is 5. The SMILES string of the molecule is C=C(C)c1cccc(C(C)(C)NC(=O)NCc2nn3cnnc3s2)c1. The average Bonchev–Trinajstić information content (AvgIpc) is 3.14. The zero-order chi connectivity index (χ0) is 18.0. The first kappa shape index (κ1) is 17.1. The molecule has 0 spiro atoms. The number of carbonyl (C=O) groups is 1. The molecule has 0 saturated carbocycles. The zero-order valence-corrected chi connectivity index (χ0v) is 15.2. The molecule has 0 saturated heterocycles. The van der Waals surface area contributed by atoms with Crippen LogP contribution in [-0.4, -0.2) is 25.8 Å². The van der Waals surface area contributed by atoms with Crippen molar-refractivity contribution in [2.45, 2.75) is 32.9 Å². The maximum absolute atomic E-state index is 12.3. The molecule has 0 radical (unpaired) electrons. The highest BCUT2D eigenvalue weighted by Gasteiger charge is 2.23. The summed E-state index contributed by atoms with van der Waals surface area (Å²) in [5.41, 5.74) is 2.55. The quantitative estimate of drug-likeness (QED) is 0.736. The van der Waals surface area contributed by atoms with E-state index in [4.69, 9.17) is 0 Å². The number of nitrogens with zero attached hydrogens (tertiary/aromatic N) is 4. The van der Waals surface area contributed by atoms with Crippen LogP contribution in [0, 0.1) is 0 Å². The molecule has 2 heterocycles. The van der Waals surface area contributed by atoms with Crippen LogP contribution in [0.15, 0.2) is 37.2 Å². The van der Waals surface area contributed by atoms with E-state index in [2.05, 4.69) is 32.5 Å². The Morgan fingerprint density at radius 2 is 2.20 bits per heavy atom. The fourth-order valence-corrected chi connectivity index (χ4v) is 3.16. The Labute approximate surface area is 149 Å². The summed E-state index contributed by atoms with van der Waals surface area (Å²) < 4.78 is 1.59. The van der Waals surface area contributed by atoms with E-state index in [1.54, 1.807) is 4.52 Å². The van der Waals surface area contributed by atoms with Gasteiger partial charge in [0, 0.05) is 0 Å². The van der Waals surface area contributed by atoms with Gasteiger partial charge in [0.15, 0.2) is 0 Å². The number of allylic oxidation sites excluding steroid dienone is 1. The number of urea groups is 1. The fraction of sp³-hybridized carbons (Fsp3) is 0.294. The molecular weight excluding hydrogens is 336 g/mol. The van der Waals surface area contributed by atoms with Crippen LogP contribution in [-0.2, 0) is 12.1 Å². The maximum atomic E-state index is 12.3. The molecule has 0 aliphatic carbocycles. The van der Waals surface area contributed by atoms with Crippen molar-refractivity contribution < 1.29 is 4.79 Å². The smallest absolute Gasteiger partial charge is 0.315 e. The van der Waals surface area contributed by atoms with Crippen LogP contribution < -0.4 is 10.6 Å². The van der Waals surface area contributed by atoms with E-state index in [1.165, 1.54) is 17.7 Å². The van der Waals surface area contributed by atoms with E-state index in [1.807, 2.05) is 45.0 Å². The van der Waals surface area contributed by atoms with Gasteiger partial charge in [-0.05, 0) is 38.0 Å². The van der Waals surface area contributed by atoms with Gasteiger partial charge in [0.1, 0.15) is 11.3 Å². The lowest BCUT2D eigenvalue weighted by Gasteiger charge is -2.27. The number of benzene rings is 1. The lowest BCUT2D eigenvalue weighted by Crippen LogP contribution is -2.46. The number of rotatable bonds is 5. The van der Waals surface area contributed by atoms with Crippen molar-refractivity contribution in [1.29, 1.82) is 0 Å². The molecule has 3 rings (SSSR count). The molecule has 0 aliphatic rings. The van der Waals surface area contributed by atoms with E-state index in [0.29, 0.717) is 11.5 Å². The van der Waals surface area contributed by atoms with Gasteiger partial charge in [0.2, 0.25) is 4.96 Å². The highest BCUT2D eigenvalue weighted by atomic mass is 32.1. The molecule has 3 aromatic rings. The fourth-order valence-electron chi connectivity index (χ4n) is 2.40. The monoisotopic (exact) mass is 356 g/mol. The minimum atomic E-state index is -0.517. The van der Waals surface area contributed by atoms with Gasteiger partial charge < -0.3 is 10.6 Å². The van der Waals surface area contributed by atoms with Gasteiger partial charge in [-0.3, -0.25) is 0 Å². The Morgan fingerprint density at radius 1 is 1.40 bits per heavy atom. The first-order valence-corrected chi connectivity index (χ1v) is 8.65. The second-order valence-electron chi connectivity index (χ2n) is 6.35. The summed E-state index contributed by atoms with van der Waals surface area (Å²) in [7, 11) is 0. The van der Waals surface area contributed by atoms with Crippen molar-refractivity contribution in [3.05, 3.63) is 53.3 Å². The van der Waals surface area contributed by atoms with Crippen molar-refractivity contribution in [3.8, 4) is 0 Å². The second-order valence-corrected chi connectivity index (χ2v) is 7.39. The summed E-state index contributed by atoms with van der Waals surface area (Å²) >= 11 is 1.39. The zero-order valence-electron chi connectivity index (χ0n) is 14.4. The molecule has 0 fully saturated rings. The molecule has 2 amide bonds. The summed E-state index contributed by atoms with van der Waals surface area (Å²) in [6, 6.07) is 7.77. The third kappa shape index (κ3) is 3.85. The Hall–Kier alpha value is -2.74. The molecule has 25 heavy (non-hydrogen) atoms. The number of aromatic nitrogens is 4. The average molecular weight is 356 g/mol. The molecule has 0 aliphatic heterocycles. The summed E-state index contributed by atoms with van der Waals surface area (Å²) in [6.45, 7) is 10.2. The predicted octanol–water partition coefficient (Wildman–Crippen LogP) is 2.95. The first-order chi connectivity index (χ1) is 11.8. The van der Waals surface area contributed by atoms with E-state index in [0.717, 1.165) is 21.7 Å². The van der Waals surface area contributed by atoms with Crippen LogP contribution in [0.5, 0.6) is 0 Å². The van der Waals surface area contributed by atoms with Gasteiger partial charge in [-0.25, -0.2) is 4.79 Å². The normalized spacial score (nSPS) is 11.5. The van der Waals surface area contributed by atoms with Crippen molar-refractivity contribution in [3.63, 3.8) is 0 Å². The Kier molecular flexibility index (Phi) is 4.54. The number of nitrogens with one attached hydrogen (secondary N) is 2. The van der Waals surface area contributed by atoms with Gasteiger partial charge in [-0.15, -0.1) is 10.2 Å². The highest BCUT2D eigenvalue weighted by Crippen LogP contribution is 2.23. The molecule has 2 aromatic heterocycles. The molecule has 0 bridgehead atoms. The molecule has 7 nitrogen and oxygen atoms in total. The Bertz CT molecular complexity index is 898. The third-order valence-corrected chi connectivity index (χ3v) is 4.74. The minimum Gasteiger partial charge on any atom is -0.332 e. The molecule has 0 unspecified atom stereocenters. The standard InChI is InChI=1S/C17H20N6OS/c1-11(2)12-6-5-7-13(8-12)17(3,4)20-15(24)18-9-14-22-23-10-19-21-16(23)25-14/h5-8,10H,1,9H2,2-4H3,(H2,18,20,24). The second kappa shape index (κ2) is 6.64. The summed E-state index contributed by atoms with van der Waals surface area (Å²) in [4.78, 5) is 13.0. The van der Waals surface area contributed by atoms with Crippen molar-refractivity contribution in [2.75, 3.05) is 0 Å². The third-order valence-electron chi connectivity index (χ3n) is 3.83. The molecule has 1 aromatic carbocycles. The van der Waals surface area contributed by atoms with Crippen LogP contribution in [0.25, 0.3) is 10.5 Å². The van der Waals surface area contributed by atoms with E-state index in [-0.39, 0.29) is 6.03 Å². The predicted molar refractivity (Wildman–Crippen MR) is 98.2 cm³/mol. The molecule has 8 heteroatoms. The number of hydrogen-bond donors (Lipinski definition) is 2. The minimum absolute atomic E-state index is 0.253. The summed E-state index contributed by atoms with van der Waals surface area (Å²) in [5.74, 6) is 0. The van der Waals surface area contributed by atoms with Crippen molar-refractivity contribution in [2.24, 2.45) is 0 Å².